The van der Waals surface area contributed by atoms with Crippen molar-refractivity contribution in [1.82, 2.24) is 10.2 Å². The number of halogens is 1. The average molecular weight is 375 g/mol. The fourth-order valence-corrected chi connectivity index (χ4v) is 3.79. The second-order valence-corrected chi connectivity index (χ2v) is 7.64. The molecule has 25 heavy (non-hydrogen) atoms. The fourth-order valence-electron chi connectivity index (χ4n) is 3.15. The fraction of sp³-hybridized carbons (Fsp3) is 0.350. The lowest BCUT2D eigenvalue weighted by atomic mass is 10.0. The quantitative estimate of drug-likeness (QED) is 0.784. The Balaban J connectivity index is 1.53. The Morgan fingerprint density at radius 2 is 1.92 bits per heavy atom. The molecule has 0 aromatic heterocycles. The molecule has 3 rings (SSSR count). The van der Waals surface area contributed by atoms with Crippen molar-refractivity contribution in [2.24, 2.45) is 0 Å². The topological polar surface area (TPSA) is 32.3 Å². The number of hydrogen-bond acceptors (Lipinski definition) is 3. The summed E-state index contributed by atoms with van der Waals surface area (Å²) in [6.07, 6.45) is 3.93. The molecule has 0 radical (unpaired) electrons. The van der Waals surface area contributed by atoms with Gasteiger partial charge >= 0.3 is 0 Å². The van der Waals surface area contributed by atoms with Crippen molar-refractivity contribution in [3.05, 3.63) is 64.7 Å². The SMILES string of the molecule is CSc1ccc(Cl)c(C(=O)NC2CCN(Cc3ccccc3)CC2)c1. The normalized spacial score (nSPS) is 15.9. The highest BCUT2D eigenvalue weighted by atomic mass is 35.5. The zero-order chi connectivity index (χ0) is 17.6. The van der Waals surface area contributed by atoms with Crippen LogP contribution < -0.4 is 5.32 Å². The van der Waals surface area contributed by atoms with Crippen molar-refractivity contribution in [3.8, 4) is 0 Å². The van der Waals surface area contributed by atoms with E-state index in [0.29, 0.717) is 10.6 Å². The molecule has 1 amide bonds. The van der Waals surface area contributed by atoms with E-state index < -0.39 is 0 Å². The van der Waals surface area contributed by atoms with Gasteiger partial charge in [0.1, 0.15) is 0 Å². The summed E-state index contributed by atoms with van der Waals surface area (Å²) in [6.45, 7) is 2.97. The zero-order valence-corrected chi connectivity index (χ0v) is 15.9. The minimum Gasteiger partial charge on any atom is -0.349 e. The number of nitrogens with one attached hydrogen (secondary N) is 1. The van der Waals surface area contributed by atoms with Crippen LogP contribution in [0.1, 0.15) is 28.8 Å². The van der Waals surface area contributed by atoms with Crippen LogP contribution in [-0.4, -0.2) is 36.2 Å². The predicted molar refractivity (Wildman–Crippen MR) is 105 cm³/mol. The van der Waals surface area contributed by atoms with Crippen LogP contribution in [-0.2, 0) is 6.54 Å². The average Bonchev–Trinajstić information content (AvgIpc) is 2.64. The third kappa shape index (κ3) is 5.00. The van der Waals surface area contributed by atoms with E-state index in [4.69, 9.17) is 11.6 Å². The molecule has 0 atom stereocenters. The standard InChI is InChI=1S/C20H23ClN2OS/c1-25-17-7-8-19(21)18(13-17)20(24)22-16-9-11-23(12-10-16)14-15-5-3-2-4-6-15/h2-8,13,16H,9-12,14H2,1H3,(H,22,24). The monoisotopic (exact) mass is 374 g/mol. The highest BCUT2D eigenvalue weighted by molar-refractivity contribution is 7.98. The van der Waals surface area contributed by atoms with Crippen molar-refractivity contribution >= 4 is 29.3 Å². The Hall–Kier alpha value is -1.49. The number of hydrogen-bond donors (Lipinski definition) is 1. The van der Waals surface area contributed by atoms with Gasteiger partial charge in [-0.1, -0.05) is 41.9 Å². The molecule has 0 unspecified atom stereocenters. The summed E-state index contributed by atoms with van der Waals surface area (Å²) in [6, 6.07) is 16.3. The smallest absolute Gasteiger partial charge is 0.253 e. The summed E-state index contributed by atoms with van der Waals surface area (Å²) in [5.74, 6) is -0.0672. The van der Waals surface area contributed by atoms with Gasteiger partial charge in [0.2, 0.25) is 0 Å². The van der Waals surface area contributed by atoms with Gasteiger partial charge in [-0.15, -0.1) is 11.8 Å². The van der Waals surface area contributed by atoms with Gasteiger partial charge in [-0.2, -0.15) is 0 Å². The third-order valence-electron chi connectivity index (χ3n) is 4.59. The number of likely N-dealkylation sites (tertiary alicyclic amines) is 1. The number of thioether (sulfide) groups is 1. The minimum atomic E-state index is -0.0672. The van der Waals surface area contributed by atoms with Crippen LogP contribution >= 0.6 is 23.4 Å². The molecule has 1 N–H and O–H groups in total. The maximum Gasteiger partial charge on any atom is 0.253 e. The van der Waals surface area contributed by atoms with Crippen molar-refractivity contribution in [3.63, 3.8) is 0 Å². The Bertz CT molecular complexity index is 715. The number of carbonyl (C=O) groups is 1. The molecule has 1 aliphatic rings. The van der Waals surface area contributed by atoms with Crippen LogP contribution in [0.15, 0.2) is 53.4 Å². The summed E-state index contributed by atoms with van der Waals surface area (Å²) in [5.41, 5.74) is 1.91. The molecule has 2 aromatic rings. The first-order chi connectivity index (χ1) is 12.2. The molecule has 0 bridgehead atoms. The van der Waals surface area contributed by atoms with E-state index >= 15 is 0 Å². The molecule has 0 aliphatic carbocycles. The number of benzene rings is 2. The lowest BCUT2D eigenvalue weighted by Crippen LogP contribution is -2.44. The highest BCUT2D eigenvalue weighted by Gasteiger charge is 2.22. The minimum absolute atomic E-state index is 0.0672. The second kappa shape index (κ2) is 8.75. The van der Waals surface area contributed by atoms with Crippen LogP contribution in [0.25, 0.3) is 0 Å². The number of amides is 1. The largest absolute Gasteiger partial charge is 0.349 e. The molecule has 0 spiro atoms. The van der Waals surface area contributed by atoms with E-state index in [1.54, 1.807) is 17.8 Å². The van der Waals surface area contributed by atoms with Crippen molar-refractivity contribution < 1.29 is 4.79 Å². The summed E-state index contributed by atoms with van der Waals surface area (Å²) in [4.78, 5) is 16.0. The first-order valence-corrected chi connectivity index (χ1v) is 10.2. The molecule has 132 valence electrons. The van der Waals surface area contributed by atoms with E-state index in [1.165, 1.54) is 5.56 Å². The van der Waals surface area contributed by atoms with Gasteiger partial charge < -0.3 is 5.32 Å². The molecule has 1 heterocycles. The van der Waals surface area contributed by atoms with E-state index in [2.05, 4.69) is 34.5 Å². The molecule has 0 saturated carbocycles. The van der Waals surface area contributed by atoms with Crippen molar-refractivity contribution in [2.75, 3.05) is 19.3 Å². The van der Waals surface area contributed by atoms with Gasteiger partial charge in [0.05, 0.1) is 10.6 Å². The number of rotatable bonds is 5. The Morgan fingerprint density at radius 1 is 1.20 bits per heavy atom. The van der Waals surface area contributed by atoms with E-state index in [-0.39, 0.29) is 11.9 Å². The van der Waals surface area contributed by atoms with E-state index in [1.807, 2.05) is 24.5 Å². The number of carbonyl (C=O) groups excluding carboxylic acids is 1. The van der Waals surface area contributed by atoms with Gasteiger partial charge in [0.15, 0.2) is 0 Å². The van der Waals surface area contributed by atoms with Gasteiger partial charge in [-0.25, -0.2) is 0 Å². The summed E-state index contributed by atoms with van der Waals surface area (Å²) >= 11 is 7.81. The lowest BCUT2D eigenvalue weighted by molar-refractivity contribution is 0.0909. The van der Waals surface area contributed by atoms with Crippen molar-refractivity contribution in [2.45, 2.75) is 30.3 Å². The van der Waals surface area contributed by atoms with Crippen LogP contribution in [0.2, 0.25) is 5.02 Å². The first kappa shape index (κ1) is 18.3. The van der Waals surface area contributed by atoms with Crippen LogP contribution in [0.5, 0.6) is 0 Å². The highest BCUT2D eigenvalue weighted by Crippen LogP contribution is 2.23. The van der Waals surface area contributed by atoms with Gasteiger partial charge in [0, 0.05) is 30.6 Å². The van der Waals surface area contributed by atoms with Gasteiger partial charge in [-0.05, 0) is 42.9 Å². The van der Waals surface area contributed by atoms with Gasteiger partial charge in [-0.3, -0.25) is 9.69 Å². The predicted octanol–water partition coefficient (Wildman–Crippen LogP) is 4.46. The molecule has 1 aliphatic heterocycles. The van der Waals surface area contributed by atoms with E-state index in [0.717, 1.165) is 37.4 Å². The zero-order valence-electron chi connectivity index (χ0n) is 14.4. The second-order valence-electron chi connectivity index (χ2n) is 6.36. The van der Waals surface area contributed by atoms with Crippen molar-refractivity contribution in [1.29, 1.82) is 0 Å². The lowest BCUT2D eigenvalue weighted by Gasteiger charge is -2.32. The molecule has 2 aromatic carbocycles. The summed E-state index contributed by atoms with van der Waals surface area (Å²) < 4.78 is 0. The maximum absolute atomic E-state index is 12.6. The molecular weight excluding hydrogens is 352 g/mol. The Morgan fingerprint density at radius 3 is 2.60 bits per heavy atom. The van der Waals surface area contributed by atoms with Crippen LogP contribution in [0.3, 0.4) is 0 Å². The van der Waals surface area contributed by atoms with Crippen LogP contribution in [0, 0.1) is 0 Å². The number of piperidine rings is 1. The maximum atomic E-state index is 12.6. The molecule has 5 heteroatoms. The first-order valence-electron chi connectivity index (χ1n) is 8.56. The molecule has 1 fully saturated rings. The Labute approximate surface area is 158 Å². The summed E-state index contributed by atoms with van der Waals surface area (Å²) in [7, 11) is 0. The van der Waals surface area contributed by atoms with Crippen LogP contribution in [0.4, 0.5) is 0 Å². The molecular formula is C20H23ClN2OS. The molecule has 3 nitrogen and oxygen atoms in total. The number of nitrogens with zero attached hydrogens (tertiary/aromatic N) is 1. The molecule has 1 saturated heterocycles. The van der Waals surface area contributed by atoms with E-state index in [9.17, 15) is 4.79 Å². The summed E-state index contributed by atoms with van der Waals surface area (Å²) in [5, 5.41) is 3.66. The van der Waals surface area contributed by atoms with Gasteiger partial charge in [0.25, 0.3) is 5.91 Å². The third-order valence-corrected chi connectivity index (χ3v) is 5.64. The Kier molecular flexibility index (Phi) is 6.40.